The van der Waals surface area contributed by atoms with Gasteiger partial charge in [0.1, 0.15) is 11.6 Å². The maximum atomic E-state index is 14.1. The first-order chi connectivity index (χ1) is 10.2. The number of halogens is 2. The molecule has 21 heavy (non-hydrogen) atoms. The van der Waals surface area contributed by atoms with Crippen LogP contribution in [0.25, 0.3) is 0 Å². The lowest BCUT2D eigenvalue weighted by Gasteiger charge is -2.32. The molecule has 0 radical (unpaired) electrons. The molecule has 4 heteroatoms. The van der Waals surface area contributed by atoms with E-state index in [0.717, 1.165) is 24.3 Å². The molecule has 1 aliphatic rings. The van der Waals surface area contributed by atoms with E-state index in [1.807, 2.05) is 31.2 Å². The van der Waals surface area contributed by atoms with Gasteiger partial charge in [0.2, 0.25) is 0 Å². The molecule has 1 atom stereocenters. The van der Waals surface area contributed by atoms with Gasteiger partial charge < -0.3 is 10.2 Å². The molecule has 1 aliphatic heterocycles. The molecule has 2 nitrogen and oxygen atoms in total. The Labute approximate surface area is 123 Å². The summed E-state index contributed by atoms with van der Waals surface area (Å²) < 4.78 is 28.1. The highest BCUT2D eigenvalue weighted by Crippen LogP contribution is 2.32. The van der Waals surface area contributed by atoms with Crippen LogP contribution in [0.1, 0.15) is 24.1 Å². The van der Waals surface area contributed by atoms with Gasteiger partial charge in [0.15, 0.2) is 0 Å². The number of anilines is 1. The number of hydrogen-bond acceptors (Lipinski definition) is 2. The van der Waals surface area contributed by atoms with Crippen LogP contribution in [0, 0.1) is 11.6 Å². The Morgan fingerprint density at radius 1 is 1.05 bits per heavy atom. The predicted molar refractivity (Wildman–Crippen MR) is 80.3 cm³/mol. The van der Waals surface area contributed by atoms with Crippen molar-refractivity contribution in [2.45, 2.75) is 19.5 Å². The maximum absolute atomic E-state index is 14.1. The number of nitrogens with one attached hydrogen (secondary N) is 1. The molecule has 3 rings (SSSR count). The van der Waals surface area contributed by atoms with Crippen molar-refractivity contribution in [2.75, 3.05) is 18.0 Å². The molecule has 0 saturated carbocycles. The van der Waals surface area contributed by atoms with Crippen molar-refractivity contribution in [2.24, 2.45) is 0 Å². The van der Waals surface area contributed by atoms with Gasteiger partial charge in [0, 0.05) is 30.9 Å². The van der Waals surface area contributed by atoms with Crippen LogP contribution in [-0.2, 0) is 6.54 Å². The van der Waals surface area contributed by atoms with Gasteiger partial charge in [-0.3, -0.25) is 0 Å². The van der Waals surface area contributed by atoms with Crippen LogP contribution >= 0.6 is 0 Å². The summed E-state index contributed by atoms with van der Waals surface area (Å²) in [6.45, 7) is 4.13. The molecule has 0 aromatic heterocycles. The molecule has 1 N–H and O–H groups in total. The van der Waals surface area contributed by atoms with Crippen molar-refractivity contribution in [3.8, 4) is 0 Å². The van der Waals surface area contributed by atoms with Crippen molar-refractivity contribution in [3.63, 3.8) is 0 Å². The van der Waals surface area contributed by atoms with E-state index in [1.165, 1.54) is 18.2 Å². The van der Waals surface area contributed by atoms with E-state index in [-0.39, 0.29) is 11.6 Å². The number of rotatable bonds is 2. The Bertz CT molecular complexity index is 622. The summed E-state index contributed by atoms with van der Waals surface area (Å²) in [4.78, 5) is 2.07. The quantitative estimate of drug-likeness (QED) is 0.907. The maximum Gasteiger partial charge on any atom is 0.131 e. The van der Waals surface area contributed by atoms with Gasteiger partial charge in [-0.15, -0.1) is 0 Å². The minimum atomic E-state index is -0.489. The summed E-state index contributed by atoms with van der Waals surface area (Å²) in [5.41, 5.74) is 2.32. The fraction of sp³-hybridized carbons (Fsp3) is 0.294. The van der Waals surface area contributed by atoms with E-state index < -0.39 is 11.6 Å². The molecule has 0 bridgehead atoms. The molecule has 2 aromatic rings. The molecular weight excluding hydrogens is 270 g/mol. The summed E-state index contributed by atoms with van der Waals surface area (Å²) in [6, 6.07) is 11.7. The molecule has 1 unspecified atom stereocenters. The van der Waals surface area contributed by atoms with Gasteiger partial charge in [-0.05, 0) is 30.7 Å². The van der Waals surface area contributed by atoms with Crippen LogP contribution in [-0.4, -0.2) is 13.1 Å². The Balaban J connectivity index is 2.03. The van der Waals surface area contributed by atoms with E-state index in [4.69, 9.17) is 0 Å². The third kappa shape index (κ3) is 2.63. The van der Waals surface area contributed by atoms with Gasteiger partial charge in [-0.2, -0.15) is 0 Å². The smallest absolute Gasteiger partial charge is 0.131 e. The van der Waals surface area contributed by atoms with E-state index in [9.17, 15) is 8.78 Å². The molecule has 0 fully saturated rings. The standard InChI is InChI=1S/C17H18F2N2/c1-12(17-14(18)6-4-7-15(17)19)21-10-9-20-11-13-5-2-3-8-16(13)21/h2-8,12,20H,9-11H2,1H3. The first-order valence-corrected chi connectivity index (χ1v) is 7.17. The van der Waals surface area contributed by atoms with Crippen LogP contribution in [0.5, 0.6) is 0 Å². The summed E-state index contributed by atoms with van der Waals surface area (Å²) >= 11 is 0. The van der Waals surface area contributed by atoms with Crippen LogP contribution in [0.3, 0.4) is 0 Å². The zero-order valence-corrected chi connectivity index (χ0v) is 11.9. The first-order valence-electron chi connectivity index (χ1n) is 7.17. The molecule has 0 amide bonds. The second-order valence-corrected chi connectivity index (χ2v) is 5.31. The summed E-state index contributed by atoms with van der Waals surface area (Å²) in [7, 11) is 0. The molecule has 0 saturated heterocycles. The second-order valence-electron chi connectivity index (χ2n) is 5.31. The fourth-order valence-corrected chi connectivity index (χ4v) is 2.95. The Hall–Kier alpha value is -1.94. The molecule has 1 heterocycles. The predicted octanol–water partition coefficient (Wildman–Crippen LogP) is 3.64. The molecule has 0 spiro atoms. The third-order valence-corrected chi connectivity index (χ3v) is 4.03. The lowest BCUT2D eigenvalue weighted by atomic mass is 10.0. The van der Waals surface area contributed by atoms with Crippen LogP contribution in [0.2, 0.25) is 0 Å². The minimum Gasteiger partial charge on any atom is -0.363 e. The monoisotopic (exact) mass is 288 g/mol. The second kappa shape index (κ2) is 5.82. The highest BCUT2D eigenvalue weighted by Gasteiger charge is 2.25. The Morgan fingerprint density at radius 3 is 2.52 bits per heavy atom. The van der Waals surface area contributed by atoms with E-state index in [2.05, 4.69) is 10.2 Å². The lowest BCUT2D eigenvalue weighted by molar-refractivity contribution is 0.519. The fourth-order valence-electron chi connectivity index (χ4n) is 2.95. The van der Waals surface area contributed by atoms with Crippen molar-refractivity contribution in [1.82, 2.24) is 5.32 Å². The molecule has 110 valence electrons. The molecule has 0 aliphatic carbocycles. The van der Waals surface area contributed by atoms with E-state index in [0.29, 0.717) is 6.54 Å². The lowest BCUT2D eigenvalue weighted by Crippen LogP contribution is -2.32. The normalized spacial score (nSPS) is 16.2. The van der Waals surface area contributed by atoms with E-state index >= 15 is 0 Å². The number of para-hydroxylation sites is 1. The van der Waals surface area contributed by atoms with Gasteiger partial charge in [-0.1, -0.05) is 24.3 Å². The van der Waals surface area contributed by atoms with Crippen molar-refractivity contribution in [3.05, 3.63) is 65.2 Å². The van der Waals surface area contributed by atoms with Gasteiger partial charge in [0.25, 0.3) is 0 Å². The number of benzene rings is 2. The average Bonchev–Trinajstić information content (AvgIpc) is 2.69. The summed E-state index contributed by atoms with van der Waals surface area (Å²) in [5.74, 6) is -0.977. The first kappa shape index (κ1) is 14.0. The number of hydrogen-bond donors (Lipinski definition) is 1. The topological polar surface area (TPSA) is 15.3 Å². The van der Waals surface area contributed by atoms with Crippen LogP contribution in [0.15, 0.2) is 42.5 Å². The number of fused-ring (bicyclic) bond motifs is 1. The molecular formula is C17H18F2N2. The van der Waals surface area contributed by atoms with E-state index in [1.54, 1.807) is 0 Å². The minimum absolute atomic E-state index is 0.134. The van der Waals surface area contributed by atoms with Gasteiger partial charge in [0.05, 0.1) is 6.04 Å². The third-order valence-electron chi connectivity index (χ3n) is 4.03. The average molecular weight is 288 g/mol. The highest BCUT2D eigenvalue weighted by atomic mass is 19.1. The zero-order chi connectivity index (χ0) is 14.8. The summed E-state index contributed by atoms with van der Waals surface area (Å²) in [6.07, 6.45) is 0. The Morgan fingerprint density at radius 2 is 1.76 bits per heavy atom. The van der Waals surface area contributed by atoms with Crippen molar-refractivity contribution >= 4 is 5.69 Å². The van der Waals surface area contributed by atoms with Gasteiger partial charge >= 0.3 is 0 Å². The van der Waals surface area contributed by atoms with Crippen molar-refractivity contribution in [1.29, 1.82) is 0 Å². The van der Waals surface area contributed by atoms with Crippen LogP contribution in [0.4, 0.5) is 14.5 Å². The summed E-state index contributed by atoms with van der Waals surface area (Å²) in [5, 5.41) is 3.34. The van der Waals surface area contributed by atoms with Gasteiger partial charge in [-0.25, -0.2) is 8.78 Å². The highest BCUT2D eigenvalue weighted by molar-refractivity contribution is 5.56. The largest absolute Gasteiger partial charge is 0.363 e. The molecule has 2 aromatic carbocycles. The SMILES string of the molecule is CC(c1c(F)cccc1F)N1CCNCc2ccccc21. The Kier molecular flexibility index (Phi) is 3.88. The van der Waals surface area contributed by atoms with Crippen LogP contribution < -0.4 is 10.2 Å². The van der Waals surface area contributed by atoms with Crippen molar-refractivity contribution < 1.29 is 8.78 Å². The zero-order valence-electron chi connectivity index (χ0n) is 11.9. The number of nitrogens with zero attached hydrogens (tertiary/aromatic N) is 1.